The number of hydrogen-bond acceptors (Lipinski definition) is 6. The normalized spacial score (nSPS) is 15.8. The van der Waals surface area contributed by atoms with E-state index in [1.165, 1.54) is 13.8 Å². The van der Waals surface area contributed by atoms with E-state index in [1.807, 2.05) is 0 Å². The van der Waals surface area contributed by atoms with Gasteiger partial charge in [-0.25, -0.2) is 4.57 Å². The predicted octanol–water partition coefficient (Wildman–Crippen LogP) is 2.32. The van der Waals surface area contributed by atoms with E-state index in [-0.39, 0.29) is 13.2 Å². The van der Waals surface area contributed by atoms with Crippen LogP contribution in [0.5, 0.6) is 0 Å². The lowest BCUT2D eigenvalue weighted by atomic mass is 10.7. The Morgan fingerprint density at radius 2 is 1.81 bits per heavy atom. The summed E-state index contributed by atoms with van der Waals surface area (Å²) in [5, 5.41) is 6.74. The van der Waals surface area contributed by atoms with Crippen LogP contribution < -0.4 is 0 Å². The Balaban J connectivity index is 4.43. The standard InChI is InChI=1S/C6H12ClFNO6P/c1-3-13-16(12,14-4-2)15-5-6(7,8)9(10)11/h3-5H2,1-2H3. The van der Waals surface area contributed by atoms with Gasteiger partial charge in [-0.15, -0.1) is 4.39 Å². The van der Waals surface area contributed by atoms with Crippen LogP contribution in [0.3, 0.4) is 0 Å². The third-order valence-corrected chi connectivity index (χ3v) is 3.08. The van der Waals surface area contributed by atoms with E-state index >= 15 is 0 Å². The Kier molecular flexibility index (Phi) is 6.35. The minimum Gasteiger partial charge on any atom is -0.287 e. The van der Waals surface area contributed by atoms with E-state index in [0.29, 0.717) is 0 Å². The van der Waals surface area contributed by atoms with Crippen molar-refractivity contribution in [2.75, 3.05) is 19.8 Å². The molecule has 16 heavy (non-hydrogen) atoms. The van der Waals surface area contributed by atoms with Gasteiger partial charge in [-0.05, 0) is 13.8 Å². The molecule has 10 heteroatoms. The topological polar surface area (TPSA) is 87.9 Å². The summed E-state index contributed by atoms with van der Waals surface area (Å²) in [4.78, 5) is 8.69. The molecule has 0 rings (SSSR count). The van der Waals surface area contributed by atoms with Crippen LogP contribution in [0.4, 0.5) is 4.39 Å². The van der Waals surface area contributed by atoms with Gasteiger partial charge in [0.25, 0.3) is 0 Å². The second kappa shape index (κ2) is 6.46. The van der Waals surface area contributed by atoms with Gasteiger partial charge >= 0.3 is 13.1 Å². The summed E-state index contributed by atoms with van der Waals surface area (Å²) in [5.41, 5.74) is 0. The van der Waals surface area contributed by atoms with Crippen LogP contribution >= 0.6 is 19.4 Å². The van der Waals surface area contributed by atoms with Crippen molar-refractivity contribution < 1.29 is 27.5 Å². The highest BCUT2D eigenvalue weighted by atomic mass is 35.5. The van der Waals surface area contributed by atoms with Crippen LogP contribution in [-0.4, -0.2) is 30.0 Å². The quantitative estimate of drug-likeness (QED) is 0.223. The van der Waals surface area contributed by atoms with Gasteiger partial charge in [0.15, 0.2) is 6.61 Å². The summed E-state index contributed by atoms with van der Waals surface area (Å²) >= 11 is 4.85. The Labute approximate surface area is 96.6 Å². The number of alkyl halides is 2. The van der Waals surface area contributed by atoms with E-state index in [9.17, 15) is 19.1 Å². The van der Waals surface area contributed by atoms with Crippen LogP contribution in [0.1, 0.15) is 13.8 Å². The molecular formula is C6H12ClFNO6P. The van der Waals surface area contributed by atoms with Crippen molar-refractivity contribution >= 4 is 19.4 Å². The number of phosphoric acid groups is 1. The maximum atomic E-state index is 12.9. The van der Waals surface area contributed by atoms with Gasteiger partial charge in [0.1, 0.15) is 0 Å². The molecule has 0 spiro atoms. The molecule has 0 aliphatic rings. The molecule has 0 N–H and O–H groups in total. The van der Waals surface area contributed by atoms with Gasteiger partial charge in [-0.2, -0.15) is 0 Å². The van der Waals surface area contributed by atoms with E-state index in [2.05, 4.69) is 13.6 Å². The molecule has 96 valence electrons. The number of halogens is 2. The van der Waals surface area contributed by atoms with E-state index < -0.39 is 24.6 Å². The van der Waals surface area contributed by atoms with Crippen molar-refractivity contribution in [1.29, 1.82) is 0 Å². The largest absolute Gasteiger partial charge is 0.475 e. The maximum Gasteiger partial charge on any atom is 0.475 e. The van der Waals surface area contributed by atoms with Crippen molar-refractivity contribution in [2.24, 2.45) is 0 Å². The second-order valence-electron chi connectivity index (χ2n) is 2.48. The monoisotopic (exact) mass is 279 g/mol. The van der Waals surface area contributed by atoms with Crippen LogP contribution in [0.25, 0.3) is 0 Å². The highest BCUT2D eigenvalue weighted by molar-refractivity contribution is 7.48. The Morgan fingerprint density at radius 3 is 2.12 bits per heavy atom. The maximum absolute atomic E-state index is 12.9. The summed E-state index contributed by atoms with van der Waals surface area (Å²) in [5.74, 6) is 0. The highest BCUT2D eigenvalue weighted by Gasteiger charge is 2.44. The molecule has 0 radical (unpaired) electrons. The summed E-state index contributed by atoms with van der Waals surface area (Å²) in [6.07, 6.45) is 0. The van der Waals surface area contributed by atoms with Gasteiger partial charge in [0.2, 0.25) is 0 Å². The highest BCUT2D eigenvalue weighted by Crippen LogP contribution is 2.50. The number of phosphoric ester groups is 1. The molecule has 0 bridgehead atoms. The predicted molar refractivity (Wildman–Crippen MR) is 53.5 cm³/mol. The molecule has 0 aromatic carbocycles. The number of hydrogen-bond donors (Lipinski definition) is 0. The Morgan fingerprint density at radius 1 is 1.38 bits per heavy atom. The average molecular weight is 280 g/mol. The van der Waals surface area contributed by atoms with E-state index in [0.717, 1.165) is 0 Å². The molecular weight excluding hydrogens is 267 g/mol. The SMILES string of the molecule is CCOP(=O)(OCC)OCC(F)(Cl)[N+](=O)[O-]. The third-order valence-electron chi connectivity index (χ3n) is 1.24. The lowest BCUT2D eigenvalue weighted by Crippen LogP contribution is -2.31. The molecule has 0 heterocycles. The first-order chi connectivity index (χ1) is 7.27. The van der Waals surface area contributed by atoms with Crippen LogP contribution in [0.15, 0.2) is 0 Å². The molecule has 1 atom stereocenters. The number of rotatable bonds is 8. The smallest absolute Gasteiger partial charge is 0.287 e. The lowest BCUT2D eigenvalue weighted by Gasteiger charge is -2.17. The molecule has 0 aromatic rings. The molecule has 0 saturated heterocycles. The van der Waals surface area contributed by atoms with E-state index in [4.69, 9.17) is 11.6 Å². The molecule has 0 fully saturated rings. The molecule has 0 aromatic heterocycles. The molecule has 1 unspecified atom stereocenters. The molecule has 0 amide bonds. The van der Waals surface area contributed by atoms with Crippen LogP contribution in [0.2, 0.25) is 0 Å². The fourth-order valence-electron chi connectivity index (χ4n) is 0.637. The summed E-state index contributed by atoms with van der Waals surface area (Å²) in [6, 6.07) is 0. The number of nitro groups is 1. The summed E-state index contributed by atoms with van der Waals surface area (Å²) in [7, 11) is -3.98. The Bertz CT molecular complexity index is 278. The fraction of sp³-hybridized carbons (Fsp3) is 1.00. The first kappa shape index (κ1) is 15.7. The minimum absolute atomic E-state index is 0.0166. The van der Waals surface area contributed by atoms with Gasteiger partial charge in [-0.1, -0.05) is 0 Å². The van der Waals surface area contributed by atoms with Gasteiger partial charge in [0, 0.05) is 11.6 Å². The molecule has 0 saturated carbocycles. The fourth-order valence-corrected chi connectivity index (χ4v) is 1.95. The molecule has 7 nitrogen and oxygen atoms in total. The summed E-state index contributed by atoms with van der Waals surface area (Å²) in [6.45, 7) is 1.74. The third kappa shape index (κ3) is 5.18. The molecule has 0 aliphatic heterocycles. The number of nitrogens with zero attached hydrogens (tertiary/aromatic N) is 1. The van der Waals surface area contributed by atoms with Gasteiger partial charge < -0.3 is 0 Å². The first-order valence-corrected chi connectivity index (χ1v) is 6.17. The van der Waals surface area contributed by atoms with Crippen molar-refractivity contribution in [3.8, 4) is 0 Å². The lowest BCUT2D eigenvalue weighted by molar-refractivity contribution is -0.577. The van der Waals surface area contributed by atoms with Crippen LogP contribution in [0, 0.1) is 10.1 Å². The van der Waals surface area contributed by atoms with Crippen LogP contribution in [-0.2, 0) is 18.1 Å². The van der Waals surface area contributed by atoms with Gasteiger partial charge in [-0.3, -0.25) is 23.7 Å². The zero-order valence-corrected chi connectivity index (χ0v) is 10.4. The van der Waals surface area contributed by atoms with Crippen molar-refractivity contribution in [3.05, 3.63) is 10.1 Å². The Hall–Kier alpha value is -0.270. The van der Waals surface area contributed by atoms with Crippen molar-refractivity contribution in [3.63, 3.8) is 0 Å². The first-order valence-electron chi connectivity index (χ1n) is 4.33. The van der Waals surface area contributed by atoms with Gasteiger partial charge in [0.05, 0.1) is 18.1 Å². The zero-order valence-electron chi connectivity index (χ0n) is 8.72. The second-order valence-corrected chi connectivity index (χ2v) is 4.73. The van der Waals surface area contributed by atoms with Crippen molar-refractivity contribution in [2.45, 2.75) is 19.1 Å². The minimum atomic E-state index is -3.98. The zero-order chi connectivity index (χ0) is 12.8. The van der Waals surface area contributed by atoms with E-state index in [1.54, 1.807) is 0 Å². The summed E-state index contributed by atoms with van der Waals surface area (Å²) < 4.78 is 38.1. The average Bonchev–Trinajstić information content (AvgIpc) is 2.16. The molecule has 0 aliphatic carbocycles. The van der Waals surface area contributed by atoms with Crippen molar-refractivity contribution in [1.82, 2.24) is 0 Å².